The highest BCUT2D eigenvalue weighted by Crippen LogP contribution is 2.42. The van der Waals surface area contributed by atoms with Crippen molar-refractivity contribution < 1.29 is 9.53 Å². The minimum atomic E-state index is -0.385. The molecule has 0 amide bonds. The highest BCUT2D eigenvalue weighted by atomic mass is 16.5. The lowest BCUT2D eigenvalue weighted by atomic mass is 9.73. The molecular formula is C11H16O2. The number of rotatable bonds is 4. The lowest BCUT2D eigenvalue weighted by molar-refractivity contribution is -0.146. The Morgan fingerprint density at radius 1 is 1.54 bits per heavy atom. The topological polar surface area (TPSA) is 26.3 Å². The quantitative estimate of drug-likeness (QED) is 0.490. The van der Waals surface area contributed by atoms with Gasteiger partial charge < -0.3 is 4.74 Å². The Bertz CT molecular complexity index is 220. The van der Waals surface area contributed by atoms with Gasteiger partial charge in [-0.2, -0.15) is 0 Å². The van der Waals surface area contributed by atoms with E-state index in [1.807, 2.05) is 6.92 Å². The fourth-order valence-corrected chi connectivity index (χ4v) is 1.87. The van der Waals surface area contributed by atoms with Gasteiger partial charge in [0.15, 0.2) is 0 Å². The first-order valence-corrected chi connectivity index (χ1v) is 4.56. The van der Waals surface area contributed by atoms with Gasteiger partial charge in [-0.1, -0.05) is 19.1 Å². The van der Waals surface area contributed by atoms with E-state index < -0.39 is 0 Å². The number of cyclic esters (lactones) is 1. The number of esters is 1. The molecule has 0 aliphatic carbocycles. The SMILES string of the molecule is C=CCC1(CC=C)C(=O)OCC1C. The van der Waals surface area contributed by atoms with E-state index in [0.717, 1.165) is 0 Å². The Hall–Kier alpha value is -1.05. The van der Waals surface area contributed by atoms with Crippen LogP contribution >= 0.6 is 0 Å². The van der Waals surface area contributed by atoms with E-state index in [4.69, 9.17) is 4.74 Å². The van der Waals surface area contributed by atoms with E-state index in [1.165, 1.54) is 0 Å². The molecule has 1 saturated heterocycles. The monoisotopic (exact) mass is 180 g/mol. The maximum absolute atomic E-state index is 11.6. The zero-order chi connectivity index (χ0) is 9.90. The Labute approximate surface area is 79.3 Å². The number of ether oxygens (including phenoxy) is 1. The average Bonchev–Trinajstić information content (AvgIpc) is 2.35. The third-order valence-electron chi connectivity index (χ3n) is 2.83. The number of hydrogen-bond donors (Lipinski definition) is 0. The fraction of sp³-hybridized carbons (Fsp3) is 0.545. The zero-order valence-electron chi connectivity index (χ0n) is 8.08. The molecule has 72 valence electrons. The largest absolute Gasteiger partial charge is 0.465 e. The van der Waals surface area contributed by atoms with E-state index >= 15 is 0 Å². The highest BCUT2D eigenvalue weighted by molar-refractivity contribution is 5.79. The van der Waals surface area contributed by atoms with Gasteiger partial charge in [0, 0.05) is 5.92 Å². The lowest BCUT2D eigenvalue weighted by Crippen LogP contribution is -2.30. The molecule has 1 unspecified atom stereocenters. The van der Waals surface area contributed by atoms with Crippen LogP contribution in [0.1, 0.15) is 19.8 Å². The van der Waals surface area contributed by atoms with Crippen molar-refractivity contribution in [3.05, 3.63) is 25.3 Å². The summed E-state index contributed by atoms with van der Waals surface area (Å²) >= 11 is 0. The van der Waals surface area contributed by atoms with E-state index in [0.29, 0.717) is 19.4 Å². The van der Waals surface area contributed by atoms with Crippen molar-refractivity contribution in [2.75, 3.05) is 6.61 Å². The van der Waals surface area contributed by atoms with E-state index in [9.17, 15) is 4.79 Å². The van der Waals surface area contributed by atoms with E-state index in [-0.39, 0.29) is 17.3 Å². The Balaban J connectivity index is 2.91. The molecule has 0 aromatic carbocycles. The van der Waals surface area contributed by atoms with Gasteiger partial charge in [-0.25, -0.2) is 0 Å². The fourth-order valence-electron chi connectivity index (χ4n) is 1.87. The van der Waals surface area contributed by atoms with Crippen molar-refractivity contribution in [1.82, 2.24) is 0 Å². The summed E-state index contributed by atoms with van der Waals surface area (Å²) in [6.07, 6.45) is 4.93. The van der Waals surface area contributed by atoms with E-state index in [2.05, 4.69) is 13.2 Å². The average molecular weight is 180 g/mol. The van der Waals surface area contributed by atoms with Crippen molar-refractivity contribution in [3.63, 3.8) is 0 Å². The number of allylic oxidation sites excluding steroid dienone is 2. The van der Waals surface area contributed by atoms with Gasteiger partial charge >= 0.3 is 5.97 Å². The summed E-state index contributed by atoms with van der Waals surface area (Å²) in [5, 5.41) is 0. The predicted octanol–water partition coefficient (Wildman–Crippen LogP) is 2.32. The summed E-state index contributed by atoms with van der Waals surface area (Å²) in [7, 11) is 0. The second-order valence-corrected chi connectivity index (χ2v) is 3.64. The molecule has 0 bridgehead atoms. The minimum Gasteiger partial charge on any atom is -0.465 e. The molecular weight excluding hydrogens is 164 g/mol. The molecule has 2 nitrogen and oxygen atoms in total. The molecule has 1 rings (SSSR count). The van der Waals surface area contributed by atoms with Crippen LogP contribution in [0.4, 0.5) is 0 Å². The van der Waals surface area contributed by atoms with Crippen molar-refractivity contribution in [2.45, 2.75) is 19.8 Å². The van der Waals surface area contributed by atoms with E-state index in [1.54, 1.807) is 12.2 Å². The molecule has 0 aromatic heterocycles. The van der Waals surface area contributed by atoms with Gasteiger partial charge in [-0.3, -0.25) is 4.79 Å². The molecule has 1 fully saturated rings. The van der Waals surface area contributed by atoms with Crippen LogP contribution in [0, 0.1) is 11.3 Å². The van der Waals surface area contributed by atoms with Crippen molar-refractivity contribution in [2.24, 2.45) is 11.3 Å². The van der Waals surface area contributed by atoms with Crippen LogP contribution in [-0.2, 0) is 9.53 Å². The van der Waals surface area contributed by atoms with Gasteiger partial charge in [0.05, 0.1) is 12.0 Å². The summed E-state index contributed by atoms with van der Waals surface area (Å²) in [6, 6.07) is 0. The number of carbonyl (C=O) groups is 1. The molecule has 0 radical (unpaired) electrons. The molecule has 0 aromatic rings. The van der Waals surface area contributed by atoms with Gasteiger partial charge in [0.25, 0.3) is 0 Å². The molecule has 1 aliphatic rings. The lowest BCUT2D eigenvalue weighted by Gasteiger charge is -2.25. The molecule has 0 N–H and O–H groups in total. The molecule has 0 spiro atoms. The molecule has 1 atom stereocenters. The third kappa shape index (κ3) is 1.53. The summed E-state index contributed by atoms with van der Waals surface area (Å²) in [6.45, 7) is 9.92. The number of carbonyl (C=O) groups excluding carboxylic acids is 1. The van der Waals surface area contributed by atoms with Crippen LogP contribution in [0.2, 0.25) is 0 Å². The molecule has 2 heteroatoms. The van der Waals surface area contributed by atoms with Crippen LogP contribution < -0.4 is 0 Å². The zero-order valence-corrected chi connectivity index (χ0v) is 8.08. The molecule has 13 heavy (non-hydrogen) atoms. The summed E-state index contributed by atoms with van der Waals surface area (Å²) in [5.41, 5.74) is -0.385. The first-order valence-electron chi connectivity index (χ1n) is 4.56. The minimum absolute atomic E-state index is 0.0974. The molecule has 1 heterocycles. The summed E-state index contributed by atoms with van der Waals surface area (Å²) < 4.78 is 5.05. The second kappa shape index (κ2) is 3.77. The van der Waals surface area contributed by atoms with Crippen molar-refractivity contribution in [1.29, 1.82) is 0 Å². The maximum atomic E-state index is 11.6. The Morgan fingerprint density at radius 2 is 2.08 bits per heavy atom. The van der Waals surface area contributed by atoms with Crippen LogP contribution in [0.3, 0.4) is 0 Å². The summed E-state index contributed by atoms with van der Waals surface area (Å²) in [5.74, 6) is 0.163. The van der Waals surface area contributed by atoms with Gasteiger partial charge in [0.2, 0.25) is 0 Å². The normalized spacial score (nSPS) is 25.3. The highest BCUT2D eigenvalue weighted by Gasteiger charge is 2.48. The molecule has 1 aliphatic heterocycles. The molecule has 0 saturated carbocycles. The van der Waals surface area contributed by atoms with Crippen LogP contribution in [0.15, 0.2) is 25.3 Å². The van der Waals surface area contributed by atoms with Crippen LogP contribution in [0.5, 0.6) is 0 Å². The van der Waals surface area contributed by atoms with Crippen molar-refractivity contribution in [3.8, 4) is 0 Å². The third-order valence-corrected chi connectivity index (χ3v) is 2.83. The smallest absolute Gasteiger partial charge is 0.313 e. The van der Waals surface area contributed by atoms with Gasteiger partial charge in [-0.15, -0.1) is 13.2 Å². The Morgan fingerprint density at radius 3 is 2.38 bits per heavy atom. The van der Waals surface area contributed by atoms with Crippen LogP contribution in [-0.4, -0.2) is 12.6 Å². The van der Waals surface area contributed by atoms with Gasteiger partial charge in [0.1, 0.15) is 0 Å². The van der Waals surface area contributed by atoms with Crippen molar-refractivity contribution >= 4 is 5.97 Å². The van der Waals surface area contributed by atoms with Gasteiger partial charge in [-0.05, 0) is 12.8 Å². The maximum Gasteiger partial charge on any atom is 0.313 e. The first kappa shape index (κ1) is 10.0. The summed E-state index contributed by atoms with van der Waals surface area (Å²) in [4.78, 5) is 11.6. The first-order chi connectivity index (χ1) is 6.17. The Kier molecular flexibility index (Phi) is 2.91. The number of hydrogen-bond acceptors (Lipinski definition) is 2. The second-order valence-electron chi connectivity index (χ2n) is 3.64. The predicted molar refractivity (Wildman–Crippen MR) is 52.2 cm³/mol. The van der Waals surface area contributed by atoms with Crippen LogP contribution in [0.25, 0.3) is 0 Å². The standard InChI is InChI=1S/C11H16O2/c1-4-6-11(7-5-2)9(3)8-13-10(11)12/h4-5,9H,1-2,6-8H2,3H3.